The van der Waals surface area contributed by atoms with Crippen molar-refractivity contribution in [1.29, 1.82) is 0 Å². The van der Waals surface area contributed by atoms with Crippen molar-refractivity contribution in [1.82, 2.24) is 4.90 Å². The first kappa shape index (κ1) is 12.2. The molecule has 3 heteroatoms. The van der Waals surface area contributed by atoms with Crippen molar-refractivity contribution in [3.05, 3.63) is 34.7 Å². The van der Waals surface area contributed by atoms with Gasteiger partial charge in [-0.3, -0.25) is 4.90 Å². The Hall–Kier alpha value is -0.900. The molecule has 1 aliphatic heterocycles. The van der Waals surface area contributed by atoms with Gasteiger partial charge in [0.2, 0.25) is 0 Å². The number of benzene rings is 1. The second-order valence-electron chi connectivity index (χ2n) is 5.02. The van der Waals surface area contributed by atoms with E-state index < -0.39 is 0 Å². The highest BCUT2D eigenvalue weighted by atomic mass is 32.1. The van der Waals surface area contributed by atoms with Crippen LogP contribution in [0.15, 0.2) is 24.3 Å². The Morgan fingerprint density at radius 1 is 1.22 bits per heavy atom. The number of hydrogen-bond acceptors (Lipinski definition) is 3. The van der Waals surface area contributed by atoms with Crippen LogP contribution in [0.1, 0.15) is 23.3 Å². The molecule has 0 unspecified atom stereocenters. The zero-order valence-corrected chi connectivity index (χ0v) is 11.5. The lowest BCUT2D eigenvalue weighted by molar-refractivity contribution is 0.252. The van der Waals surface area contributed by atoms with E-state index in [1.807, 2.05) is 11.3 Å². The van der Waals surface area contributed by atoms with E-state index in [9.17, 15) is 0 Å². The standard InChI is InChI=1S/C15H20N2S/c16-8-3-4-9-17-10-7-15-13(11-17)12-5-1-2-6-14(12)18-15/h1-2,5-6H,3-4,7-11,16H2. The minimum absolute atomic E-state index is 0.820. The summed E-state index contributed by atoms with van der Waals surface area (Å²) in [7, 11) is 0. The molecule has 0 amide bonds. The fourth-order valence-electron chi connectivity index (χ4n) is 2.76. The maximum absolute atomic E-state index is 5.56. The van der Waals surface area contributed by atoms with Crippen LogP contribution in [0.2, 0.25) is 0 Å². The zero-order valence-electron chi connectivity index (χ0n) is 10.7. The summed E-state index contributed by atoms with van der Waals surface area (Å²) in [5.74, 6) is 0. The molecule has 2 heterocycles. The van der Waals surface area contributed by atoms with Gasteiger partial charge in [-0.2, -0.15) is 0 Å². The molecule has 1 aromatic carbocycles. The first-order valence-electron chi connectivity index (χ1n) is 6.80. The van der Waals surface area contributed by atoms with Crippen molar-refractivity contribution in [2.75, 3.05) is 19.6 Å². The third kappa shape index (κ3) is 2.30. The first-order valence-corrected chi connectivity index (χ1v) is 7.62. The third-order valence-electron chi connectivity index (χ3n) is 3.75. The Bertz CT molecular complexity index is 532. The lowest BCUT2D eigenvalue weighted by Crippen LogP contribution is -2.30. The maximum Gasteiger partial charge on any atom is 0.0349 e. The minimum atomic E-state index is 0.820. The fourth-order valence-corrected chi connectivity index (χ4v) is 3.96. The van der Waals surface area contributed by atoms with E-state index in [-0.39, 0.29) is 0 Å². The van der Waals surface area contributed by atoms with E-state index in [4.69, 9.17) is 5.73 Å². The highest BCUT2D eigenvalue weighted by molar-refractivity contribution is 7.19. The van der Waals surface area contributed by atoms with Crippen LogP contribution in [0.5, 0.6) is 0 Å². The average Bonchev–Trinajstić information content (AvgIpc) is 2.77. The number of nitrogens with zero attached hydrogens (tertiary/aromatic N) is 1. The molecular weight excluding hydrogens is 240 g/mol. The van der Waals surface area contributed by atoms with E-state index in [0.717, 1.165) is 19.5 Å². The van der Waals surface area contributed by atoms with Crippen molar-refractivity contribution >= 4 is 21.4 Å². The van der Waals surface area contributed by atoms with Crippen molar-refractivity contribution in [3.8, 4) is 0 Å². The normalized spacial score (nSPS) is 16.1. The Morgan fingerprint density at radius 2 is 2.11 bits per heavy atom. The van der Waals surface area contributed by atoms with Crippen LogP contribution in [0.25, 0.3) is 10.1 Å². The zero-order chi connectivity index (χ0) is 12.4. The average molecular weight is 260 g/mol. The molecule has 2 nitrogen and oxygen atoms in total. The molecule has 0 saturated heterocycles. The topological polar surface area (TPSA) is 29.3 Å². The molecular formula is C15H20N2S. The molecule has 0 radical (unpaired) electrons. The van der Waals surface area contributed by atoms with Crippen molar-refractivity contribution in [3.63, 3.8) is 0 Å². The molecule has 96 valence electrons. The van der Waals surface area contributed by atoms with Crippen LogP contribution in [0, 0.1) is 0 Å². The van der Waals surface area contributed by atoms with Gasteiger partial charge in [-0.15, -0.1) is 11.3 Å². The molecule has 0 bridgehead atoms. The smallest absolute Gasteiger partial charge is 0.0349 e. The van der Waals surface area contributed by atoms with Gasteiger partial charge in [-0.05, 0) is 49.4 Å². The molecule has 0 spiro atoms. The quantitative estimate of drug-likeness (QED) is 0.856. The monoisotopic (exact) mass is 260 g/mol. The Kier molecular flexibility index (Phi) is 3.64. The van der Waals surface area contributed by atoms with E-state index in [1.54, 1.807) is 10.4 Å². The van der Waals surface area contributed by atoms with E-state index >= 15 is 0 Å². The van der Waals surface area contributed by atoms with Gasteiger partial charge in [-0.25, -0.2) is 0 Å². The predicted molar refractivity (Wildman–Crippen MR) is 79.1 cm³/mol. The van der Waals surface area contributed by atoms with Crippen LogP contribution >= 0.6 is 11.3 Å². The number of hydrogen-bond donors (Lipinski definition) is 1. The molecule has 1 aromatic heterocycles. The van der Waals surface area contributed by atoms with Gasteiger partial charge in [0, 0.05) is 22.7 Å². The van der Waals surface area contributed by atoms with Gasteiger partial charge in [-0.1, -0.05) is 18.2 Å². The number of nitrogens with two attached hydrogens (primary N) is 1. The largest absolute Gasteiger partial charge is 0.330 e. The van der Waals surface area contributed by atoms with Gasteiger partial charge < -0.3 is 5.73 Å². The van der Waals surface area contributed by atoms with Gasteiger partial charge in [0.1, 0.15) is 0 Å². The Balaban J connectivity index is 1.78. The molecule has 2 N–H and O–H groups in total. The summed E-state index contributed by atoms with van der Waals surface area (Å²) in [5, 5.41) is 1.47. The summed E-state index contributed by atoms with van der Waals surface area (Å²) >= 11 is 1.98. The Morgan fingerprint density at radius 3 is 3.00 bits per heavy atom. The van der Waals surface area contributed by atoms with Crippen molar-refractivity contribution in [2.24, 2.45) is 5.73 Å². The lowest BCUT2D eigenvalue weighted by atomic mass is 10.0. The summed E-state index contributed by atoms with van der Waals surface area (Å²) in [6, 6.07) is 8.82. The molecule has 1 aliphatic rings. The number of rotatable bonds is 4. The summed E-state index contributed by atoms with van der Waals surface area (Å²) < 4.78 is 1.45. The van der Waals surface area contributed by atoms with Gasteiger partial charge in [0.25, 0.3) is 0 Å². The van der Waals surface area contributed by atoms with E-state index in [0.29, 0.717) is 0 Å². The molecule has 0 atom stereocenters. The van der Waals surface area contributed by atoms with Gasteiger partial charge in [0.15, 0.2) is 0 Å². The summed E-state index contributed by atoms with van der Waals surface area (Å²) in [5.41, 5.74) is 7.14. The van der Waals surface area contributed by atoms with Gasteiger partial charge >= 0.3 is 0 Å². The number of thiophene rings is 1. The SMILES string of the molecule is NCCCCN1CCc2sc3ccccc3c2C1. The first-order chi connectivity index (χ1) is 8.88. The predicted octanol–water partition coefficient (Wildman–Crippen LogP) is 3.00. The molecule has 0 fully saturated rings. The molecule has 0 aliphatic carbocycles. The molecule has 3 rings (SSSR count). The molecule has 2 aromatic rings. The summed E-state index contributed by atoms with van der Waals surface area (Å²) in [6.07, 6.45) is 3.60. The van der Waals surface area contributed by atoms with Crippen LogP contribution in [-0.2, 0) is 13.0 Å². The van der Waals surface area contributed by atoms with E-state index in [1.165, 1.54) is 36.0 Å². The molecule has 0 saturated carbocycles. The number of fused-ring (bicyclic) bond motifs is 3. The van der Waals surface area contributed by atoms with Crippen LogP contribution in [-0.4, -0.2) is 24.5 Å². The summed E-state index contributed by atoms with van der Waals surface area (Å²) in [4.78, 5) is 4.18. The highest BCUT2D eigenvalue weighted by Gasteiger charge is 2.20. The lowest BCUT2D eigenvalue weighted by Gasteiger charge is -2.26. The van der Waals surface area contributed by atoms with E-state index in [2.05, 4.69) is 29.2 Å². The van der Waals surface area contributed by atoms with Gasteiger partial charge in [0.05, 0.1) is 0 Å². The van der Waals surface area contributed by atoms with Crippen molar-refractivity contribution < 1.29 is 0 Å². The fraction of sp³-hybridized carbons (Fsp3) is 0.467. The Labute approximate surface area is 112 Å². The minimum Gasteiger partial charge on any atom is -0.330 e. The van der Waals surface area contributed by atoms with Crippen LogP contribution in [0.4, 0.5) is 0 Å². The highest BCUT2D eigenvalue weighted by Crippen LogP contribution is 2.34. The molecule has 18 heavy (non-hydrogen) atoms. The second kappa shape index (κ2) is 5.39. The number of unbranched alkanes of at least 4 members (excludes halogenated alkanes) is 1. The van der Waals surface area contributed by atoms with Crippen LogP contribution in [0.3, 0.4) is 0 Å². The van der Waals surface area contributed by atoms with Crippen molar-refractivity contribution in [2.45, 2.75) is 25.8 Å². The maximum atomic E-state index is 5.56. The third-order valence-corrected chi connectivity index (χ3v) is 5.02. The van der Waals surface area contributed by atoms with Crippen LogP contribution < -0.4 is 5.73 Å². The summed E-state index contributed by atoms with van der Waals surface area (Å²) in [6.45, 7) is 4.36. The second-order valence-corrected chi connectivity index (χ2v) is 6.16.